The number of hydrogen-bond donors (Lipinski definition) is 1. The Balaban J connectivity index is 1.46. The van der Waals surface area contributed by atoms with E-state index in [0.29, 0.717) is 12.1 Å². The Bertz CT molecular complexity index is 1040. The third kappa shape index (κ3) is 3.47. The molecule has 2 heterocycles. The molecule has 4 rings (SSSR count). The maximum absolute atomic E-state index is 12.1. The number of imidazole rings is 1. The van der Waals surface area contributed by atoms with E-state index in [-0.39, 0.29) is 5.91 Å². The van der Waals surface area contributed by atoms with Crippen LogP contribution >= 0.6 is 0 Å². The van der Waals surface area contributed by atoms with Crippen LogP contribution < -0.4 is 5.32 Å². The van der Waals surface area contributed by atoms with Crippen LogP contribution in [0.4, 0.5) is 0 Å². The molecule has 2 aromatic heterocycles. The lowest BCUT2D eigenvalue weighted by molar-refractivity contribution is 0.0950. The van der Waals surface area contributed by atoms with Crippen molar-refractivity contribution in [3.05, 3.63) is 96.1 Å². The maximum Gasteiger partial charge on any atom is 0.253 e. The molecule has 0 fully saturated rings. The first-order chi connectivity index (χ1) is 12.8. The van der Waals surface area contributed by atoms with Crippen LogP contribution in [0.25, 0.3) is 11.0 Å². The molecule has 1 amide bonds. The number of pyridine rings is 1. The third-order valence-corrected chi connectivity index (χ3v) is 4.25. The Hall–Kier alpha value is -3.47. The van der Waals surface area contributed by atoms with Gasteiger partial charge >= 0.3 is 0 Å². The smallest absolute Gasteiger partial charge is 0.253 e. The molecule has 4 aromatic rings. The van der Waals surface area contributed by atoms with Crippen molar-refractivity contribution in [2.75, 3.05) is 0 Å². The average molecular weight is 342 g/mol. The van der Waals surface area contributed by atoms with Crippen LogP contribution in [0.3, 0.4) is 0 Å². The molecule has 1 N–H and O–H groups in total. The second-order valence-electron chi connectivity index (χ2n) is 6.11. The number of nitrogens with one attached hydrogen (secondary N) is 1. The maximum atomic E-state index is 12.1. The van der Waals surface area contributed by atoms with Crippen molar-refractivity contribution in [3.63, 3.8) is 0 Å². The number of benzene rings is 2. The van der Waals surface area contributed by atoms with Crippen LogP contribution in [0, 0.1) is 0 Å². The summed E-state index contributed by atoms with van der Waals surface area (Å²) in [6.07, 6.45) is 5.08. The van der Waals surface area contributed by atoms with Crippen molar-refractivity contribution in [2.45, 2.75) is 13.1 Å². The van der Waals surface area contributed by atoms with Crippen LogP contribution in [-0.2, 0) is 13.1 Å². The normalized spacial score (nSPS) is 10.8. The molecule has 0 saturated heterocycles. The second-order valence-corrected chi connectivity index (χ2v) is 6.11. The van der Waals surface area contributed by atoms with Crippen LogP contribution in [0.5, 0.6) is 0 Å². The fourth-order valence-electron chi connectivity index (χ4n) is 2.95. The van der Waals surface area contributed by atoms with Gasteiger partial charge in [-0.3, -0.25) is 9.78 Å². The highest BCUT2D eigenvalue weighted by Crippen LogP contribution is 2.15. The first-order valence-corrected chi connectivity index (χ1v) is 8.45. The molecule has 0 atom stereocenters. The van der Waals surface area contributed by atoms with Gasteiger partial charge in [-0.05, 0) is 35.4 Å². The van der Waals surface area contributed by atoms with Crippen molar-refractivity contribution in [1.82, 2.24) is 19.9 Å². The van der Waals surface area contributed by atoms with E-state index in [2.05, 4.69) is 38.1 Å². The molecule has 0 saturated carbocycles. The molecule has 5 heteroatoms. The number of rotatable bonds is 5. The number of carbonyl (C=O) groups is 1. The molecular formula is C21H18N4O. The average Bonchev–Trinajstić information content (AvgIpc) is 3.10. The topological polar surface area (TPSA) is 59.8 Å². The lowest BCUT2D eigenvalue weighted by atomic mass is 10.1. The Labute approximate surface area is 151 Å². The summed E-state index contributed by atoms with van der Waals surface area (Å²) in [6.45, 7) is 1.22. The summed E-state index contributed by atoms with van der Waals surface area (Å²) in [5.74, 6) is -0.121. The van der Waals surface area contributed by atoms with Crippen molar-refractivity contribution < 1.29 is 4.79 Å². The molecule has 26 heavy (non-hydrogen) atoms. The van der Waals surface area contributed by atoms with E-state index in [1.165, 1.54) is 5.56 Å². The van der Waals surface area contributed by atoms with Gasteiger partial charge in [-0.25, -0.2) is 4.98 Å². The van der Waals surface area contributed by atoms with E-state index in [9.17, 15) is 4.79 Å². The van der Waals surface area contributed by atoms with Gasteiger partial charge < -0.3 is 9.88 Å². The highest BCUT2D eigenvalue weighted by Gasteiger charge is 2.06. The van der Waals surface area contributed by atoms with Gasteiger partial charge in [0.25, 0.3) is 5.91 Å². The summed E-state index contributed by atoms with van der Waals surface area (Å²) in [4.78, 5) is 20.5. The molecule has 5 nitrogen and oxygen atoms in total. The number of aromatic nitrogens is 3. The first kappa shape index (κ1) is 16.0. The molecular weight excluding hydrogens is 324 g/mol. The molecule has 128 valence electrons. The van der Waals surface area contributed by atoms with E-state index in [0.717, 1.165) is 23.1 Å². The summed E-state index contributed by atoms with van der Waals surface area (Å²) in [7, 11) is 0. The number of hydrogen-bond acceptors (Lipinski definition) is 3. The van der Waals surface area contributed by atoms with Crippen LogP contribution in [0.15, 0.2) is 79.4 Å². The van der Waals surface area contributed by atoms with E-state index < -0.39 is 0 Å². The predicted octanol–water partition coefficient (Wildman–Crippen LogP) is 3.41. The van der Waals surface area contributed by atoms with Gasteiger partial charge in [0.05, 0.1) is 22.9 Å². The van der Waals surface area contributed by atoms with Gasteiger partial charge in [-0.15, -0.1) is 0 Å². The first-order valence-electron chi connectivity index (χ1n) is 8.45. The zero-order chi connectivity index (χ0) is 17.8. The van der Waals surface area contributed by atoms with Crippen molar-refractivity contribution >= 4 is 16.9 Å². The number of amides is 1. The number of fused-ring (bicyclic) bond motifs is 1. The van der Waals surface area contributed by atoms with Crippen molar-refractivity contribution in [1.29, 1.82) is 0 Å². The minimum absolute atomic E-state index is 0.121. The largest absolute Gasteiger partial charge is 0.348 e. The van der Waals surface area contributed by atoms with E-state index in [1.54, 1.807) is 24.5 Å². The zero-order valence-electron chi connectivity index (χ0n) is 14.2. The van der Waals surface area contributed by atoms with Gasteiger partial charge in [0, 0.05) is 25.5 Å². The van der Waals surface area contributed by atoms with Gasteiger partial charge in [0.15, 0.2) is 0 Å². The van der Waals surface area contributed by atoms with Crippen molar-refractivity contribution in [2.24, 2.45) is 0 Å². The Kier molecular flexibility index (Phi) is 4.43. The van der Waals surface area contributed by atoms with E-state index in [1.807, 2.05) is 36.7 Å². The zero-order valence-corrected chi connectivity index (χ0v) is 14.2. The Morgan fingerprint density at radius 2 is 1.88 bits per heavy atom. The second kappa shape index (κ2) is 7.19. The molecule has 0 aliphatic heterocycles. The summed E-state index contributed by atoms with van der Waals surface area (Å²) in [5, 5.41) is 2.93. The molecule has 0 bridgehead atoms. The fourth-order valence-corrected chi connectivity index (χ4v) is 2.95. The van der Waals surface area contributed by atoms with E-state index >= 15 is 0 Å². The monoisotopic (exact) mass is 342 g/mol. The highest BCUT2D eigenvalue weighted by atomic mass is 16.1. The summed E-state index contributed by atoms with van der Waals surface area (Å²) in [5.41, 5.74) is 4.90. The summed E-state index contributed by atoms with van der Waals surface area (Å²) in [6, 6.07) is 19.8. The predicted molar refractivity (Wildman–Crippen MR) is 101 cm³/mol. The summed E-state index contributed by atoms with van der Waals surface area (Å²) >= 11 is 0. The van der Waals surface area contributed by atoms with Crippen LogP contribution in [-0.4, -0.2) is 20.4 Å². The standard InChI is InChI=1S/C21H18N4O/c26-21(18-7-4-10-22-13-18)23-12-16-5-3-6-17(11-16)14-25-15-24-19-8-1-2-9-20(19)25/h1-11,13,15H,12,14H2,(H,23,26). The SMILES string of the molecule is O=C(NCc1cccc(Cn2cnc3ccccc32)c1)c1cccnc1. The Morgan fingerprint density at radius 1 is 1.00 bits per heavy atom. The third-order valence-electron chi connectivity index (χ3n) is 4.25. The minimum Gasteiger partial charge on any atom is -0.348 e. The fraction of sp³-hybridized carbons (Fsp3) is 0.0952. The molecule has 2 aromatic carbocycles. The number of para-hydroxylation sites is 2. The molecule has 0 aliphatic rings. The number of nitrogens with zero attached hydrogens (tertiary/aromatic N) is 3. The Morgan fingerprint density at radius 3 is 2.77 bits per heavy atom. The number of carbonyl (C=O) groups excluding carboxylic acids is 1. The molecule has 0 spiro atoms. The minimum atomic E-state index is -0.121. The van der Waals surface area contributed by atoms with E-state index in [4.69, 9.17) is 0 Å². The quantitative estimate of drug-likeness (QED) is 0.605. The molecule has 0 aliphatic carbocycles. The molecule has 0 unspecified atom stereocenters. The van der Waals surface area contributed by atoms with Gasteiger partial charge in [0.1, 0.15) is 0 Å². The van der Waals surface area contributed by atoms with Gasteiger partial charge in [-0.2, -0.15) is 0 Å². The molecule has 0 radical (unpaired) electrons. The van der Waals surface area contributed by atoms with Crippen molar-refractivity contribution in [3.8, 4) is 0 Å². The lowest BCUT2D eigenvalue weighted by Crippen LogP contribution is -2.22. The van der Waals surface area contributed by atoms with Crippen LogP contribution in [0.2, 0.25) is 0 Å². The van der Waals surface area contributed by atoms with Crippen LogP contribution in [0.1, 0.15) is 21.5 Å². The highest BCUT2D eigenvalue weighted by molar-refractivity contribution is 5.93. The summed E-state index contributed by atoms with van der Waals surface area (Å²) < 4.78 is 2.13. The van der Waals surface area contributed by atoms with Gasteiger partial charge in [0.2, 0.25) is 0 Å². The van der Waals surface area contributed by atoms with Gasteiger partial charge in [-0.1, -0.05) is 36.4 Å². The lowest BCUT2D eigenvalue weighted by Gasteiger charge is -2.09.